The molecule has 0 saturated carbocycles. The first kappa shape index (κ1) is 14.9. The molecule has 0 atom stereocenters. The molecule has 0 saturated heterocycles. The molecular weight excluding hydrogens is 234 g/mol. The molecule has 1 nitrogen and oxygen atoms in total. The number of allylic oxidation sites excluding steroid dienone is 2. The molecule has 0 spiro atoms. The minimum atomic E-state index is -1.25. The van der Waals surface area contributed by atoms with Crippen LogP contribution in [0, 0.1) is 0 Å². The van der Waals surface area contributed by atoms with Crippen LogP contribution in [0.25, 0.3) is 0 Å². The number of hydrogen-bond donors (Lipinski definition) is 1. The van der Waals surface area contributed by atoms with Crippen molar-refractivity contribution in [2.75, 3.05) is 6.54 Å². The molecular formula is C16H25NSi. The van der Waals surface area contributed by atoms with E-state index in [0.717, 1.165) is 18.7 Å². The van der Waals surface area contributed by atoms with Gasteiger partial charge < -0.3 is 5.32 Å². The second-order valence-electron chi connectivity index (χ2n) is 5.86. The van der Waals surface area contributed by atoms with Gasteiger partial charge in [-0.15, -0.1) is 0 Å². The summed E-state index contributed by atoms with van der Waals surface area (Å²) in [5.41, 5.74) is 2.48. The number of rotatable bonds is 6. The Bertz CT molecular complexity index is 412. The maximum Gasteiger partial charge on any atom is 0.0741 e. The summed E-state index contributed by atoms with van der Waals surface area (Å²) >= 11 is 0. The van der Waals surface area contributed by atoms with Crippen molar-refractivity contribution in [1.82, 2.24) is 5.32 Å². The molecule has 1 aromatic rings. The highest BCUT2D eigenvalue weighted by Gasteiger charge is 2.18. The Kier molecular flexibility index (Phi) is 5.57. The summed E-state index contributed by atoms with van der Waals surface area (Å²) < 4.78 is 0. The summed E-state index contributed by atoms with van der Waals surface area (Å²) in [5.74, 6) is 0. The van der Waals surface area contributed by atoms with Gasteiger partial charge in [-0.2, -0.15) is 0 Å². The van der Waals surface area contributed by atoms with Crippen LogP contribution in [0.5, 0.6) is 0 Å². The second-order valence-corrected chi connectivity index (χ2v) is 11.0. The molecule has 1 N–H and O–H groups in total. The van der Waals surface area contributed by atoms with Gasteiger partial charge in [-0.1, -0.05) is 73.4 Å². The van der Waals surface area contributed by atoms with Gasteiger partial charge in [0.25, 0.3) is 0 Å². The van der Waals surface area contributed by atoms with Crippen LogP contribution in [-0.4, -0.2) is 14.6 Å². The van der Waals surface area contributed by atoms with E-state index in [2.05, 4.69) is 74.9 Å². The van der Waals surface area contributed by atoms with E-state index in [4.69, 9.17) is 0 Å². The Morgan fingerprint density at radius 2 is 1.83 bits per heavy atom. The lowest BCUT2D eigenvalue weighted by molar-refractivity contribution is 0.750. The molecule has 0 unspecified atom stereocenters. The minimum Gasteiger partial charge on any atom is -0.309 e. The fraction of sp³-hybridized carbons (Fsp3) is 0.375. The third kappa shape index (κ3) is 5.47. The van der Waals surface area contributed by atoms with Gasteiger partial charge in [0.1, 0.15) is 0 Å². The largest absolute Gasteiger partial charge is 0.309 e. The van der Waals surface area contributed by atoms with Crippen molar-refractivity contribution >= 4 is 8.07 Å². The van der Waals surface area contributed by atoms with E-state index < -0.39 is 8.07 Å². The van der Waals surface area contributed by atoms with Crippen molar-refractivity contribution in [2.24, 2.45) is 0 Å². The van der Waals surface area contributed by atoms with Crippen LogP contribution in [-0.2, 0) is 6.54 Å². The van der Waals surface area contributed by atoms with Crippen molar-refractivity contribution in [3.05, 3.63) is 59.3 Å². The quantitative estimate of drug-likeness (QED) is 0.597. The van der Waals surface area contributed by atoms with Crippen molar-refractivity contribution in [3.8, 4) is 0 Å². The highest BCUT2D eigenvalue weighted by Crippen LogP contribution is 2.15. The maximum atomic E-state index is 3.99. The summed E-state index contributed by atoms with van der Waals surface area (Å²) in [6.45, 7) is 15.1. The zero-order valence-corrected chi connectivity index (χ0v) is 13.1. The zero-order chi connectivity index (χ0) is 13.6. The van der Waals surface area contributed by atoms with Gasteiger partial charge in [0.2, 0.25) is 0 Å². The first-order valence-electron chi connectivity index (χ1n) is 6.51. The summed E-state index contributed by atoms with van der Waals surface area (Å²) in [6, 6.07) is 10.5. The van der Waals surface area contributed by atoms with Gasteiger partial charge in [-0.05, 0) is 12.5 Å². The predicted octanol–water partition coefficient (Wildman–Crippen LogP) is 4.16. The van der Waals surface area contributed by atoms with Crippen LogP contribution in [0.2, 0.25) is 19.6 Å². The average Bonchev–Trinajstić information content (AvgIpc) is 2.27. The molecule has 0 amide bonds. The summed E-state index contributed by atoms with van der Waals surface area (Å²) in [5, 5.41) is 5.07. The van der Waals surface area contributed by atoms with Gasteiger partial charge in [0.05, 0.1) is 8.07 Å². The molecule has 0 bridgehead atoms. The Hall–Kier alpha value is -1.12. The first-order chi connectivity index (χ1) is 8.39. The number of benzene rings is 1. The lowest BCUT2D eigenvalue weighted by Crippen LogP contribution is -2.32. The van der Waals surface area contributed by atoms with Gasteiger partial charge in [-0.3, -0.25) is 0 Å². The number of nitrogens with one attached hydrogen (secondary N) is 1. The Balaban J connectivity index is 2.56. The average molecular weight is 259 g/mol. The lowest BCUT2D eigenvalue weighted by Gasteiger charge is -2.22. The molecule has 0 aliphatic rings. The molecule has 0 aromatic heterocycles. The molecule has 18 heavy (non-hydrogen) atoms. The molecule has 1 rings (SSSR count). The zero-order valence-electron chi connectivity index (χ0n) is 12.1. The van der Waals surface area contributed by atoms with Crippen molar-refractivity contribution in [3.63, 3.8) is 0 Å². The van der Waals surface area contributed by atoms with Crippen LogP contribution < -0.4 is 5.32 Å². The van der Waals surface area contributed by atoms with Crippen LogP contribution in [0.3, 0.4) is 0 Å². The topological polar surface area (TPSA) is 12.0 Å². The summed E-state index contributed by atoms with van der Waals surface area (Å²) in [4.78, 5) is 0. The smallest absolute Gasteiger partial charge is 0.0741 e. The molecule has 0 aliphatic carbocycles. The molecule has 0 fully saturated rings. The number of hydrogen-bond acceptors (Lipinski definition) is 1. The van der Waals surface area contributed by atoms with Crippen molar-refractivity contribution < 1.29 is 0 Å². The van der Waals surface area contributed by atoms with E-state index in [1.807, 2.05) is 0 Å². The fourth-order valence-corrected chi connectivity index (χ4v) is 3.10. The predicted molar refractivity (Wildman–Crippen MR) is 84.4 cm³/mol. The third-order valence-electron chi connectivity index (χ3n) is 2.87. The third-order valence-corrected chi connectivity index (χ3v) is 5.12. The fourth-order valence-electron chi connectivity index (χ4n) is 1.77. The normalized spacial score (nSPS) is 12.6. The highest BCUT2D eigenvalue weighted by atomic mass is 28.3. The Labute approximate surface area is 113 Å². The van der Waals surface area contributed by atoms with Gasteiger partial charge in [0, 0.05) is 13.1 Å². The second kappa shape index (κ2) is 6.71. The van der Waals surface area contributed by atoms with E-state index in [1.54, 1.807) is 0 Å². The van der Waals surface area contributed by atoms with Crippen LogP contribution in [0.1, 0.15) is 12.5 Å². The monoisotopic (exact) mass is 259 g/mol. The molecule has 98 valence electrons. The summed E-state index contributed by atoms with van der Waals surface area (Å²) in [6.07, 6.45) is 2.25. The van der Waals surface area contributed by atoms with E-state index >= 15 is 0 Å². The van der Waals surface area contributed by atoms with Gasteiger partial charge >= 0.3 is 0 Å². The van der Waals surface area contributed by atoms with E-state index in [0.29, 0.717) is 0 Å². The summed E-state index contributed by atoms with van der Waals surface area (Å²) in [7, 11) is -1.25. The van der Waals surface area contributed by atoms with Crippen LogP contribution in [0.4, 0.5) is 0 Å². The minimum absolute atomic E-state index is 0.929. The Morgan fingerprint density at radius 1 is 1.22 bits per heavy atom. The molecule has 0 radical (unpaired) electrons. The lowest BCUT2D eigenvalue weighted by atomic mass is 10.2. The van der Waals surface area contributed by atoms with E-state index in [-0.39, 0.29) is 0 Å². The first-order valence-corrected chi connectivity index (χ1v) is 10.0. The SMILES string of the molecule is C=C(C)/C=C(/CNCc1ccccc1)[Si](C)(C)C. The van der Waals surface area contributed by atoms with Crippen LogP contribution >= 0.6 is 0 Å². The van der Waals surface area contributed by atoms with Crippen molar-refractivity contribution in [1.29, 1.82) is 0 Å². The molecule has 0 heterocycles. The molecule has 0 aliphatic heterocycles. The van der Waals surface area contributed by atoms with Gasteiger partial charge in [-0.25, -0.2) is 0 Å². The molecule has 1 aromatic carbocycles. The van der Waals surface area contributed by atoms with Crippen molar-refractivity contribution in [2.45, 2.75) is 33.1 Å². The van der Waals surface area contributed by atoms with Crippen LogP contribution in [0.15, 0.2) is 53.8 Å². The molecule has 2 heteroatoms. The maximum absolute atomic E-state index is 3.99. The Morgan fingerprint density at radius 3 is 2.33 bits per heavy atom. The standard InChI is InChI=1S/C16H25NSi/c1-14(2)11-16(18(3,4)5)13-17-12-15-9-7-6-8-10-15/h6-11,17H,1,12-13H2,2-5H3/b16-11-. The van der Waals surface area contributed by atoms with E-state index in [1.165, 1.54) is 10.8 Å². The highest BCUT2D eigenvalue weighted by molar-refractivity contribution is 6.83. The van der Waals surface area contributed by atoms with E-state index in [9.17, 15) is 0 Å². The van der Waals surface area contributed by atoms with Gasteiger partial charge in [0.15, 0.2) is 0 Å².